The van der Waals surface area contributed by atoms with Gasteiger partial charge in [-0.15, -0.1) is 0 Å². The Hall–Kier alpha value is -0.900. The van der Waals surface area contributed by atoms with Crippen molar-refractivity contribution < 1.29 is 14.3 Å². The highest BCUT2D eigenvalue weighted by Crippen LogP contribution is 2.22. The summed E-state index contributed by atoms with van der Waals surface area (Å²) in [6.45, 7) is 11.7. The SMILES string of the molecule is CCCC(C)(C)C(=O)NCCCCCCCCOCC(=O)C(C)C. The average molecular weight is 342 g/mol. The second-order valence-corrected chi connectivity index (χ2v) is 7.68. The molecule has 1 amide bonds. The van der Waals surface area contributed by atoms with E-state index in [0.717, 1.165) is 45.1 Å². The predicted molar refractivity (Wildman–Crippen MR) is 100 cm³/mol. The summed E-state index contributed by atoms with van der Waals surface area (Å²) in [5.74, 6) is 0.426. The maximum atomic E-state index is 12.0. The van der Waals surface area contributed by atoms with Crippen LogP contribution < -0.4 is 5.32 Å². The van der Waals surface area contributed by atoms with Crippen LogP contribution in [0.3, 0.4) is 0 Å². The van der Waals surface area contributed by atoms with E-state index in [2.05, 4.69) is 12.2 Å². The van der Waals surface area contributed by atoms with Gasteiger partial charge in [-0.05, 0) is 19.3 Å². The Kier molecular flexibility index (Phi) is 12.9. The molecule has 0 fully saturated rings. The predicted octanol–water partition coefficient (Wildman–Crippen LogP) is 4.51. The Morgan fingerprint density at radius 2 is 1.58 bits per heavy atom. The van der Waals surface area contributed by atoms with Crippen LogP contribution in [0, 0.1) is 11.3 Å². The van der Waals surface area contributed by atoms with Crippen LogP contribution in [0.4, 0.5) is 0 Å². The Bertz CT molecular complexity index is 351. The van der Waals surface area contributed by atoms with Gasteiger partial charge in [0, 0.05) is 24.5 Å². The van der Waals surface area contributed by atoms with Crippen molar-refractivity contribution in [2.24, 2.45) is 11.3 Å². The van der Waals surface area contributed by atoms with Gasteiger partial charge in [0.2, 0.25) is 5.91 Å². The third kappa shape index (κ3) is 11.6. The molecule has 0 unspecified atom stereocenters. The molecule has 0 spiro atoms. The minimum atomic E-state index is -0.244. The first-order valence-corrected chi connectivity index (χ1v) is 9.70. The van der Waals surface area contributed by atoms with Gasteiger partial charge >= 0.3 is 0 Å². The summed E-state index contributed by atoms with van der Waals surface area (Å²) in [6, 6.07) is 0. The number of ketones is 1. The molecule has 0 aliphatic heterocycles. The number of nitrogens with one attached hydrogen (secondary N) is 1. The Morgan fingerprint density at radius 3 is 2.17 bits per heavy atom. The van der Waals surface area contributed by atoms with Gasteiger partial charge in [0.25, 0.3) is 0 Å². The van der Waals surface area contributed by atoms with E-state index in [1.807, 2.05) is 27.7 Å². The van der Waals surface area contributed by atoms with E-state index in [1.54, 1.807) is 0 Å². The van der Waals surface area contributed by atoms with Crippen LogP contribution >= 0.6 is 0 Å². The van der Waals surface area contributed by atoms with Crippen molar-refractivity contribution in [3.05, 3.63) is 0 Å². The van der Waals surface area contributed by atoms with Crippen molar-refractivity contribution in [2.75, 3.05) is 19.8 Å². The summed E-state index contributed by atoms with van der Waals surface area (Å²) in [7, 11) is 0. The van der Waals surface area contributed by atoms with E-state index in [9.17, 15) is 9.59 Å². The molecule has 0 rings (SSSR count). The lowest BCUT2D eigenvalue weighted by atomic mass is 9.87. The highest BCUT2D eigenvalue weighted by Gasteiger charge is 2.25. The minimum absolute atomic E-state index is 0.0676. The maximum Gasteiger partial charge on any atom is 0.225 e. The summed E-state index contributed by atoms with van der Waals surface area (Å²) in [4.78, 5) is 23.4. The zero-order chi connectivity index (χ0) is 18.4. The molecule has 24 heavy (non-hydrogen) atoms. The fraction of sp³-hybridized carbons (Fsp3) is 0.900. The van der Waals surface area contributed by atoms with Crippen LogP contribution in [-0.4, -0.2) is 31.4 Å². The molecule has 4 heteroatoms. The number of amides is 1. The van der Waals surface area contributed by atoms with Crippen LogP contribution in [0.25, 0.3) is 0 Å². The van der Waals surface area contributed by atoms with Crippen LogP contribution in [0.2, 0.25) is 0 Å². The molecule has 0 bridgehead atoms. The Balaban J connectivity index is 3.40. The fourth-order valence-corrected chi connectivity index (χ4v) is 2.56. The number of hydrogen-bond acceptors (Lipinski definition) is 3. The van der Waals surface area contributed by atoms with Crippen LogP contribution in [0.5, 0.6) is 0 Å². The second kappa shape index (κ2) is 13.4. The quantitative estimate of drug-likeness (QED) is 0.446. The van der Waals surface area contributed by atoms with Crippen molar-refractivity contribution in [1.29, 1.82) is 0 Å². The molecule has 0 saturated heterocycles. The lowest BCUT2D eigenvalue weighted by Gasteiger charge is -2.22. The lowest BCUT2D eigenvalue weighted by molar-refractivity contribution is -0.129. The molecular formula is C20H39NO3. The molecule has 0 heterocycles. The van der Waals surface area contributed by atoms with Gasteiger partial charge in [-0.3, -0.25) is 9.59 Å². The topological polar surface area (TPSA) is 55.4 Å². The standard InChI is InChI=1S/C20H39NO3/c1-6-13-20(4,5)19(23)21-14-11-9-7-8-10-12-15-24-16-18(22)17(2)3/h17H,6-16H2,1-5H3,(H,21,23). The normalized spacial score (nSPS) is 11.8. The van der Waals surface area contributed by atoms with Gasteiger partial charge in [0.05, 0.1) is 0 Å². The monoisotopic (exact) mass is 341 g/mol. The van der Waals surface area contributed by atoms with Crippen molar-refractivity contribution in [2.45, 2.75) is 86.0 Å². The highest BCUT2D eigenvalue weighted by atomic mass is 16.5. The van der Waals surface area contributed by atoms with E-state index >= 15 is 0 Å². The zero-order valence-electron chi connectivity index (χ0n) is 16.6. The van der Waals surface area contributed by atoms with Crippen LogP contribution in [-0.2, 0) is 14.3 Å². The third-order valence-electron chi connectivity index (χ3n) is 4.38. The first-order chi connectivity index (χ1) is 11.3. The van der Waals surface area contributed by atoms with Gasteiger partial charge < -0.3 is 10.1 Å². The molecule has 0 aromatic carbocycles. The molecule has 1 N–H and O–H groups in total. The summed E-state index contributed by atoms with van der Waals surface area (Å²) >= 11 is 0. The molecule has 0 aromatic heterocycles. The number of rotatable bonds is 15. The van der Waals surface area contributed by atoms with Gasteiger partial charge in [0.15, 0.2) is 5.78 Å². The largest absolute Gasteiger partial charge is 0.374 e. The summed E-state index contributed by atoms with van der Waals surface area (Å²) in [5, 5.41) is 3.06. The smallest absolute Gasteiger partial charge is 0.225 e. The number of hydrogen-bond donors (Lipinski definition) is 1. The zero-order valence-corrected chi connectivity index (χ0v) is 16.6. The number of unbranched alkanes of at least 4 members (excludes halogenated alkanes) is 5. The molecule has 0 atom stereocenters. The van der Waals surface area contributed by atoms with E-state index in [-0.39, 0.29) is 29.6 Å². The van der Waals surface area contributed by atoms with Gasteiger partial charge in [-0.1, -0.05) is 66.7 Å². The second-order valence-electron chi connectivity index (χ2n) is 7.68. The lowest BCUT2D eigenvalue weighted by Crippen LogP contribution is -2.37. The van der Waals surface area contributed by atoms with Crippen LogP contribution in [0.1, 0.15) is 86.0 Å². The van der Waals surface area contributed by atoms with Gasteiger partial charge in [-0.2, -0.15) is 0 Å². The average Bonchev–Trinajstić information content (AvgIpc) is 2.51. The maximum absolute atomic E-state index is 12.0. The van der Waals surface area contributed by atoms with Gasteiger partial charge in [-0.25, -0.2) is 0 Å². The number of ether oxygens (including phenoxy) is 1. The Morgan fingerprint density at radius 1 is 1.00 bits per heavy atom. The fourth-order valence-electron chi connectivity index (χ4n) is 2.56. The van der Waals surface area contributed by atoms with Crippen molar-refractivity contribution >= 4 is 11.7 Å². The molecular weight excluding hydrogens is 302 g/mol. The van der Waals surface area contributed by atoms with Gasteiger partial charge in [0.1, 0.15) is 6.61 Å². The number of carbonyl (C=O) groups excluding carboxylic acids is 2. The molecule has 0 saturated carbocycles. The number of carbonyl (C=O) groups is 2. The minimum Gasteiger partial charge on any atom is -0.374 e. The molecule has 142 valence electrons. The first kappa shape index (κ1) is 23.1. The summed E-state index contributed by atoms with van der Waals surface area (Å²) < 4.78 is 5.38. The summed E-state index contributed by atoms with van der Waals surface area (Å²) in [6.07, 6.45) is 8.73. The van der Waals surface area contributed by atoms with E-state index in [1.165, 1.54) is 12.8 Å². The summed E-state index contributed by atoms with van der Waals surface area (Å²) in [5.41, 5.74) is -0.244. The van der Waals surface area contributed by atoms with Crippen LogP contribution in [0.15, 0.2) is 0 Å². The van der Waals surface area contributed by atoms with E-state index in [4.69, 9.17) is 4.74 Å². The molecule has 0 aliphatic carbocycles. The number of Topliss-reactive ketones (excluding diaryl/α,β-unsaturated/α-hetero) is 1. The highest BCUT2D eigenvalue weighted by molar-refractivity contribution is 5.81. The molecule has 0 radical (unpaired) electrons. The third-order valence-corrected chi connectivity index (χ3v) is 4.38. The van der Waals surface area contributed by atoms with Crippen molar-refractivity contribution in [1.82, 2.24) is 5.32 Å². The van der Waals surface area contributed by atoms with Crippen molar-refractivity contribution in [3.63, 3.8) is 0 Å². The van der Waals surface area contributed by atoms with E-state index < -0.39 is 0 Å². The molecule has 0 aliphatic rings. The molecule has 0 aromatic rings. The van der Waals surface area contributed by atoms with E-state index in [0.29, 0.717) is 6.61 Å². The Labute approximate surface area is 149 Å². The molecule has 4 nitrogen and oxygen atoms in total. The van der Waals surface area contributed by atoms with Crippen molar-refractivity contribution in [3.8, 4) is 0 Å². The first-order valence-electron chi connectivity index (χ1n) is 9.70.